The van der Waals surface area contributed by atoms with E-state index < -0.39 is 0 Å². The van der Waals surface area contributed by atoms with E-state index in [1.54, 1.807) is 6.20 Å². The molecule has 3 rings (SSSR count). The van der Waals surface area contributed by atoms with Gasteiger partial charge in [0.2, 0.25) is 0 Å². The fourth-order valence-corrected chi connectivity index (χ4v) is 2.22. The van der Waals surface area contributed by atoms with Gasteiger partial charge in [-0.3, -0.25) is 9.78 Å². The van der Waals surface area contributed by atoms with Crippen LogP contribution in [0.2, 0.25) is 0 Å². The molecule has 3 heteroatoms. The van der Waals surface area contributed by atoms with Crippen molar-refractivity contribution in [2.75, 3.05) is 6.61 Å². The van der Waals surface area contributed by atoms with Gasteiger partial charge in [-0.15, -0.1) is 0 Å². The van der Waals surface area contributed by atoms with E-state index in [-0.39, 0.29) is 5.78 Å². The van der Waals surface area contributed by atoms with Crippen LogP contribution in [0.4, 0.5) is 0 Å². The molecule has 0 saturated carbocycles. The summed E-state index contributed by atoms with van der Waals surface area (Å²) in [6.45, 7) is 0.363. The third kappa shape index (κ3) is 3.08. The summed E-state index contributed by atoms with van der Waals surface area (Å²) in [6, 6.07) is 18.9. The molecule has 0 bridgehead atoms. The predicted octanol–water partition coefficient (Wildman–Crippen LogP) is 3.89. The summed E-state index contributed by atoms with van der Waals surface area (Å²) < 4.78 is 5.75. The second-order valence-corrected chi connectivity index (χ2v) is 4.71. The van der Waals surface area contributed by atoms with Crippen molar-refractivity contribution in [1.82, 2.24) is 4.98 Å². The van der Waals surface area contributed by atoms with Crippen molar-refractivity contribution < 1.29 is 9.53 Å². The first-order valence-corrected chi connectivity index (χ1v) is 6.89. The normalized spacial score (nSPS) is 10.5. The van der Waals surface area contributed by atoms with Crippen LogP contribution < -0.4 is 4.74 Å². The molecule has 0 atom stereocenters. The maximum atomic E-state index is 12.0. The highest BCUT2D eigenvalue weighted by Crippen LogP contribution is 2.23. The van der Waals surface area contributed by atoms with Gasteiger partial charge >= 0.3 is 0 Å². The largest absolute Gasteiger partial charge is 0.492 e. The summed E-state index contributed by atoms with van der Waals surface area (Å²) in [5.41, 5.74) is 1.62. The molecule has 0 saturated heterocycles. The number of carbonyl (C=O) groups is 1. The molecule has 0 N–H and O–H groups in total. The Kier molecular flexibility index (Phi) is 3.92. The van der Waals surface area contributed by atoms with Crippen LogP contribution in [0.5, 0.6) is 5.75 Å². The molecule has 1 heterocycles. The highest BCUT2D eigenvalue weighted by atomic mass is 16.5. The van der Waals surface area contributed by atoms with Gasteiger partial charge in [0, 0.05) is 23.6 Å². The second kappa shape index (κ2) is 6.18. The van der Waals surface area contributed by atoms with Crippen molar-refractivity contribution >= 4 is 16.7 Å². The number of fused-ring (bicyclic) bond motifs is 1. The Bertz CT molecular complexity index is 748. The van der Waals surface area contributed by atoms with Crippen molar-refractivity contribution in [3.05, 3.63) is 72.4 Å². The van der Waals surface area contributed by atoms with E-state index in [0.29, 0.717) is 13.0 Å². The van der Waals surface area contributed by atoms with Crippen molar-refractivity contribution in [2.45, 2.75) is 6.42 Å². The van der Waals surface area contributed by atoms with Crippen LogP contribution in [-0.2, 0) is 0 Å². The highest BCUT2D eigenvalue weighted by Gasteiger charge is 2.06. The quantitative estimate of drug-likeness (QED) is 0.664. The average molecular weight is 277 g/mol. The number of nitrogens with zero attached hydrogens (tertiary/aromatic N) is 1. The standard InChI is InChI=1S/C18H15NO2/c20-17(14-6-2-1-3-7-14)11-13-21-18-10-4-9-16-15(18)8-5-12-19-16/h1-10,12H,11,13H2. The Morgan fingerprint density at radius 3 is 2.67 bits per heavy atom. The van der Waals surface area contributed by atoms with Crippen LogP contribution in [0.3, 0.4) is 0 Å². The molecule has 0 spiro atoms. The lowest BCUT2D eigenvalue weighted by Crippen LogP contribution is -2.06. The minimum absolute atomic E-state index is 0.0916. The number of aromatic nitrogens is 1. The SMILES string of the molecule is O=C(CCOc1cccc2ncccc12)c1ccccc1. The van der Waals surface area contributed by atoms with Gasteiger partial charge in [-0.05, 0) is 24.3 Å². The molecular formula is C18H15NO2. The molecular weight excluding hydrogens is 262 g/mol. The van der Waals surface area contributed by atoms with Crippen LogP contribution >= 0.6 is 0 Å². The maximum Gasteiger partial charge on any atom is 0.166 e. The Morgan fingerprint density at radius 2 is 1.81 bits per heavy atom. The molecule has 104 valence electrons. The molecule has 0 aliphatic rings. The predicted molar refractivity (Wildman–Crippen MR) is 82.6 cm³/mol. The highest BCUT2D eigenvalue weighted by molar-refractivity contribution is 5.96. The summed E-state index contributed by atoms with van der Waals surface area (Å²) >= 11 is 0. The molecule has 3 aromatic rings. The summed E-state index contributed by atoms with van der Waals surface area (Å²) in [6.07, 6.45) is 2.12. The van der Waals surface area contributed by atoms with Gasteiger partial charge in [-0.25, -0.2) is 0 Å². The minimum Gasteiger partial charge on any atom is -0.492 e. The Balaban J connectivity index is 1.66. The van der Waals surface area contributed by atoms with Crippen LogP contribution in [-0.4, -0.2) is 17.4 Å². The molecule has 3 nitrogen and oxygen atoms in total. The van der Waals surface area contributed by atoms with Gasteiger partial charge in [0.15, 0.2) is 5.78 Å². The van der Waals surface area contributed by atoms with Crippen molar-refractivity contribution in [2.24, 2.45) is 0 Å². The molecule has 0 unspecified atom stereocenters. The zero-order valence-corrected chi connectivity index (χ0v) is 11.5. The number of pyridine rings is 1. The number of benzene rings is 2. The van der Waals surface area contributed by atoms with Crippen LogP contribution in [0.15, 0.2) is 66.9 Å². The minimum atomic E-state index is 0.0916. The van der Waals surface area contributed by atoms with Gasteiger partial charge in [-0.1, -0.05) is 36.4 Å². The van der Waals surface area contributed by atoms with E-state index >= 15 is 0 Å². The molecule has 1 aromatic heterocycles. The number of rotatable bonds is 5. The number of hydrogen-bond acceptors (Lipinski definition) is 3. The average Bonchev–Trinajstić information content (AvgIpc) is 2.56. The number of carbonyl (C=O) groups excluding carboxylic acids is 1. The Morgan fingerprint density at radius 1 is 0.952 bits per heavy atom. The smallest absolute Gasteiger partial charge is 0.166 e. The van der Waals surface area contributed by atoms with E-state index in [9.17, 15) is 4.79 Å². The van der Waals surface area contributed by atoms with E-state index in [0.717, 1.165) is 22.2 Å². The fourth-order valence-electron chi connectivity index (χ4n) is 2.22. The molecule has 0 aliphatic carbocycles. The zero-order chi connectivity index (χ0) is 14.5. The topological polar surface area (TPSA) is 39.2 Å². The fraction of sp³-hybridized carbons (Fsp3) is 0.111. The van der Waals surface area contributed by atoms with Gasteiger partial charge in [-0.2, -0.15) is 0 Å². The van der Waals surface area contributed by atoms with Crippen LogP contribution in [0.25, 0.3) is 10.9 Å². The Labute approximate surface area is 123 Å². The van der Waals surface area contributed by atoms with Crippen molar-refractivity contribution in [1.29, 1.82) is 0 Å². The number of Topliss-reactive ketones (excluding diaryl/α,β-unsaturated/α-hetero) is 1. The first-order valence-electron chi connectivity index (χ1n) is 6.89. The second-order valence-electron chi connectivity index (χ2n) is 4.71. The Hall–Kier alpha value is -2.68. The summed E-state index contributed by atoms with van der Waals surface area (Å²) in [7, 11) is 0. The molecule has 0 radical (unpaired) electrons. The van der Waals surface area contributed by atoms with E-state index in [4.69, 9.17) is 4.74 Å². The van der Waals surface area contributed by atoms with E-state index in [2.05, 4.69) is 4.98 Å². The van der Waals surface area contributed by atoms with Gasteiger partial charge in [0.05, 0.1) is 12.1 Å². The first kappa shape index (κ1) is 13.3. The van der Waals surface area contributed by atoms with E-state index in [1.165, 1.54) is 0 Å². The maximum absolute atomic E-state index is 12.0. The summed E-state index contributed by atoms with van der Waals surface area (Å²) in [4.78, 5) is 16.3. The lowest BCUT2D eigenvalue weighted by Gasteiger charge is -2.08. The lowest BCUT2D eigenvalue weighted by molar-refractivity contribution is 0.0962. The molecule has 0 aliphatic heterocycles. The summed E-state index contributed by atoms with van der Waals surface area (Å²) in [5, 5.41) is 0.965. The number of ketones is 1. The number of hydrogen-bond donors (Lipinski definition) is 0. The molecule has 0 amide bonds. The first-order chi connectivity index (χ1) is 10.3. The molecule has 2 aromatic carbocycles. The van der Waals surface area contributed by atoms with Crippen molar-refractivity contribution in [3.63, 3.8) is 0 Å². The van der Waals surface area contributed by atoms with Crippen LogP contribution in [0, 0.1) is 0 Å². The zero-order valence-electron chi connectivity index (χ0n) is 11.5. The molecule has 21 heavy (non-hydrogen) atoms. The lowest BCUT2D eigenvalue weighted by atomic mass is 10.1. The van der Waals surface area contributed by atoms with Gasteiger partial charge < -0.3 is 4.74 Å². The van der Waals surface area contributed by atoms with Gasteiger partial charge in [0.25, 0.3) is 0 Å². The summed E-state index contributed by atoms with van der Waals surface area (Å²) in [5.74, 6) is 0.857. The third-order valence-electron chi connectivity index (χ3n) is 3.29. The van der Waals surface area contributed by atoms with E-state index in [1.807, 2.05) is 60.7 Å². The van der Waals surface area contributed by atoms with Gasteiger partial charge in [0.1, 0.15) is 5.75 Å². The van der Waals surface area contributed by atoms with Crippen LogP contribution in [0.1, 0.15) is 16.8 Å². The van der Waals surface area contributed by atoms with Crippen molar-refractivity contribution in [3.8, 4) is 5.75 Å². The third-order valence-corrected chi connectivity index (χ3v) is 3.29. The molecule has 0 fully saturated rings. The number of ether oxygens (including phenoxy) is 1. The monoisotopic (exact) mass is 277 g/mol.